The largest absolute Gasteiger partial charge is 0.329 e. The van der Waals surface area contributed by atoms with Crippen molar-refractivity contribution in [1.82, 2.24) is 14.6 Å². The summed E-state index contributed by atoms with van der Waals surface area (Å²) in [5.41, 5.74) is 0.970. The Hall–Kier alpha value is -2.13. The summed E-state index contributed by atoms with van der Waals surface area (Å²) in [6.07, 6.45) is 3.57. The number of amides is 1. The van der Waals surface area contributed by atoms with Crippen LogP contribution in [0.25, 0.3) is 10.8 Å². The van der Waals surface area contributed by atoms with Gasteiger partial charge in [0, 0.05) is 29.5 Å². The van der Waals surface area contributed by atoms with Crippen molar-refractivity contribution in [3.8, 4) is 0 Å². The fraction of sp³-hybridized carbons (Fsp3) is 0.200. The van der Waals surface area contributed by atoms with Crippen LogP contribution in [0.5, 0.6) is 0 Å². The SMILES string of the molecule is O=C1C(NS(=O)(=O)CCc2ccc(Cl)s2)=CCN1Cc1ccc2ccnc(Cl)c2c1. The van der Waals surface area contributed by atoms with Gasteiger partial charge in [0.15, 0.2) is 0 Å². The van der Waals surface area contributed by atoms with Gasteiger partial charge in [-0.3, -0.25) is 9.52 Å². The first-order valence-corrected chi connectivity index (χ1v) is 12.3. The summed E-state index contributed by atoms with van der Waals surface area (Å²) in [7, 11) is -3.65. The van der Waals surface area contributed by atoms with Crippen LogP contribution in [0.1, 0.15) is 10.4 Å². The molecule has 3 aromatic rings. The molecule has 156 valence electrons. The van der Waals surface area contributed by atoms with E-state index < -0.39 is 10.0 Å². The van der Waals surface area contributed by atoms with Gasteiger partial charge in [-0.25, -0.2) is 13.4 Å². The van der Waals surface area contributed by atoms with Crippen LogP contribution in [-0.4, -0.2) is 36.5 Å². The van der Waals surface area contributed by atoms with E-state index in [4.69, 9.17) is 23.2 Å². The standard InChI is InChI=1S/C20H17Cl2N3O3S2/c21-18-4-3-15(29-18)7-10-30(27,28)24-17-6-9-25(20(17)26)12-13-1-2-14-5-8-23-19(22)16(14)11-13/h1-6,8,11,24H,7,9-10,12H2. The van der Waals surface area contributed by atoms with Crippen LogP contribution in [0.3, 0.4) is 0 Å². The van der Waals surface area contributed by atoms with E-state index >= 15 is 0 Å². The molecule has 1 amide bonds. The van der Waals surface area contributed by atoms with Crippen molar-refractivity contribution >= 4 is 61.2 Å². The molecule has 3 heterocycles. The second kappa shape index (κ2) is 8.55. The van der Waals surface area contributed by atoms with Crippen LogP contribution in [0.4, 0.5) is 0 Å². The van der Waals surface area contributed by atoms with Gasteiger partial charge < -0.3 is 4.90 Å². The number of carbonyl (C=O) groups excluding carboxylic acids is 1. The predicted molar refractivity (Wildman–Crippen MR) is 120 cm³/mol. The third kappa shape index (κ3) is 4.78. The summed E-state index contributed by atoms with van der Waals surface area (Å²) in [5, 5.41) is 2.18. The molecule has 10 heteroatoms. The van der Waals surface area contributed by atoms with Crippen molar-refractivity contribution in [3.05, 3.63) is 74.3 Å². The molecule has 1 aliphatic rings. The average Bonchev–Trinajstić information content (AvgIpc) is 3.27. The molecule has 0 unspecified atom stereocenters. The van der Waals surface area contributed by atoms with Gasteiger partial charge in [0.1, 0.15) is 10.9 Å². The molecule has 0 radical (unpaired) electrons. The van der Waals surface area contributed by atoms with Crippen LogP contribution in [-0.2, 0) is 27.8 Å². The summed E-state index contributed by atoms with van der Waals surface area (Å²) in [6.45, 7) is 0.672. The maximum atomic E-state index is 12.7. The van der Waals surface area contributed by atoms with E-state index in [1.54, 1.807) is 29.3 Å². The number of aromatic nitrogens is 1. The van der Waals surface area contributed by atoms with Crippen LogP contribution in [0.15, 0.2) is 54.4 Å². The Labute approximate surface area is 188 Å². The molecule has 0 saturated heterocycles. The molecule has 6 nitrogen and oxygen atoms in total. The van der Waals surface area contributed by atoms with Gasteiger partial charge in [-0.2, -0.15) is 0 Å². The second-order valence-electron chi connectivity index (χ2n) is 6.84. The van der Waals surface area contributed by atoms with Gasteiger partial charge in [-0.15, -0.1) is 11.3 Å². The van der Waals surface area contributed by atoms with Crippen molar-refractivity contribution in [2.45, 2.75) is 13.0 Å². The van der Waals surface area contributed by atoms with E-state index in [0.29, 0.717) is 29.0 Å². The topological polar surface area (TPSA) is 79.4 Å². The molecule has 0 fully saturated rings. The maximum Gasteiger partial charge on any atom is 0.271 e. The van der Waals surface area contributed by atoms with Gasteiger partial charge in [0.05, 0.1) is 10.1 Å². The third-order valence-corrected chi connectivity index (χ3v) is 7.56. The maximum absolute atomic E-state index is 12.7. The Morgan fingerprint density at radius 2 is 2.00 bits per heavy atom. The Bertz CT molecular complexity index is 1260. The first-order chi connectivity index (χ1) is 14.3. The summed E-state index contributed by atoms with van der Waals surface area (Å²) >= 11 is 13.4. The van der Waals surface area contributed by atoms with Gasteiger partial charge in [-0.05, 0) is 47.7 Å². The molecule has 1 aromatic carbocycles. The number of pyridine rings is 1. The second-order valence-corrected chi connectivity index (χ2v) is 10.8. The molecule has 0 spiro atoms. The van der Waals surface area contributed by atoms with E-state index in [-0.39, 0.29) is 17.4 Å². The van der Waals surface area contributed by atoms with Crippen LogP contribution in [0.2, 0.25) is 9.49 Å². The number of nitrogens with one attached hydrogen (secondary N) is 1. The van der Waals surface area contributed by atoms with Crippen LogP contribution < -0.4 is 4.72 Å². The Balaban J connectivity index is 1.39. The molecule has 2 aromatic heterocycles. The van der Waals surface area contributed by atoms with Crippen molar-refractivity contribution in [3.63, 3.8) is 0 Å². The normalized spacial score (nSPS) is 14.4. The van der Waals surface area contributed by atoms with Crippen LogP contribution in [0, 0.1) is 0 Å². The summed E-state index contributed by atoms with van der Waals surface area (Å²) < 4.78 is 27.8. The fourth-order valence-corrected chi connectivity index (χ4v) is 5.73. The highest BCUT2D eigenvalue weighted by Gasteiger charge is 2.27. The Morgan fingerprint density at radius 3 is 2.77 bits per heavy atom. The van der Waals surface area contributed by atoms with Crippen molar-refractivity contribution < 1.29 is 13.2 Å². The minimum absolute atomic E-state index is 0.0831. The molecule has 0 aliphatic carbocycles. The molecular formula is C20H17Cl2N3O3S2. The molecule has 0 atom stereocenters. The number of nitrogens with zero attached hydrogens (tertiary/aromatic N) is 2. The van der Waals surface area contributed by atoms with E-state index in [9.17, 15) is 13.2 Å². The number of hydrogen-bond donors (Lipinski definition) is 1. The van der Waals surface area contributed by atoms with Crippen molar-refractivity contribution in [1.29, 1.82) is 0 Å². The zero-order chi connectivity index (χ0) is 21.3. The smallest absolute Gasteiger partial charge is 0.271 e. The summed E-state index contributed by atoms with van der Waals surface area (Å²) in [6, 6.07) is 11.1. The quantitative estimate of drug-likeness (QED) is 0.517. The third-order valence-electron chi connectivity index (χ3n) is 4.70. The first-order valence-electron chi connectivity index (χ1n) is 9.08. The molecule has 1 aliphatic heterocycles. The lowest BCUT2D eigenvalue weighted by Gasteiger charge is -2.17. The lowest BCUT2D eigenvalue weighted by Crippen LogP contribution is -2.34. The Morgan fingerprint density at radius 1 is 1.17 bits per heavy atom. The van der Waals surface area contributed by atoms with Gasteiger partial charge in [0.2, 0.25) is 10.0 Å². The molecule has 30 heavy (non-hydrogen) atoms. The minimum Gasteiger partial charge on any atom is -0.329 e. The highest BCUT2D eigenvalue weighted by Crippen LogP contribution is 2.24. The van der Waals surface area contributed by atoms with E-state index in [0.717, 1.165) is 21.2 Å². The van der Waals surface area contributed by atoms with E-state index in [1.807, 2.05) is 24.3 Å². The van der Waals surface area contributed by atoms with Gasteiger partial charge in [0.25, 0.3) is 5.91 Å². The number of aryl methyl sites for hydroxylation is 1. The number of hydrogen-bond acceptors (Lipinski definition) is 5. The molecular weight excluding hydrogens is 465 g/mol. The van der Waals surface area contributed by atoms with Crippen molar-refractivity contribution in [2.24, 2.45) is 0 Å². The van der Waals surface area contributed by atoms with Gasteiger partial charge >= 0.3 is 0 Å². The monoisotopic (exact) mass is 481 g/mol. The number of thiophene rings is 1. The number of halogens is 2. The zero-order valence-corrected chi connectivity index (χ0v) is 18.8. The number of fused-ring (bicyclic) bond motifs is 1. The molecule has 1 N–H and O–H groups in total. The molecule has 0 saturated carbocycles. The zero-order valence-electron chi connectivity index (χ0n) is 15.6. The molecule has 0 bridgehead atoms. The van der Waals surface area contributed by atoms with E-state index in [1.165, 1.54) is 11.3 Å². The van der Waals surface area contributed by atoms with Gasteiger partial charge in [-0.1, -0.05) is 35.3 Å². The Kier molecular flexibility index (Phi) is 6.02. The highest BCUT2D eigenvalue weighted by molar-refractivity contribution is 7.89. The average molecular weight is 482 g/mol. The summed E-state index contributed by atoms with van der Waals surface area (Å²) in [5.74, 6) is -0.472. The first kappa shape index (κ1) is 21.1. The number of sulfonamides is 1. The van der Waals surface area contributed by atoms with Crippen LogP contribution >= 0.6 is 34.5 Å². The number of benzene rings is 1. The molecule has 4 rings (SSSR count). The number of rotatable bonds is 7. The lowest BCUT2D eigenvalue weighted by molar-refractivity contribution is -0.126. The highest BCUT2D eigenvalue weighted by atomic mass is 35.5. The summed E-state index contributed by atoms with van der Waals surface area (Å²) in [4.78, 5) is 19.2. The predicted octanol–water partition coefficient (Wildman–Crippen LogP) is 3.99. The fourth-order valence-electron chi connectivity index (χ4n) is 3.20. The van der Waals surface area contributed by atoms with Crippen molar-refractivity contribution in [2.75, 3.05) is 12.3 Å². The van der Waals surface area contributed by atoms with E-state index in [2.05, 4.69) is 9.71 Å². The number of carbonyl (C=O) groups is 1. The lowest BCUT2D eigenvalue weighted by atomic mass is 10.1. The minimum atomic E-state index is -3.65.